The number of hydrogen-bond acceptors (Lipinski definition) is 0. The summed E-state index contributed by atoms with van der Waals surface area (Å²) in [4.78, 5) is 0. The number of hydrogen-bond donors (Lipinski definition) is 0. The molecule has 0 amide bonds. The van der Waals surface area contributed by atoms with Gasteiger partial charge in [-0.1, -0.05) is 30.9 Å². The van der Waals surface area contributed by atoms with E-state index in [0.29, 0.717) is 0 Å². The summed E-state index contributed by atoms with van der Waals surface area (Å²) < 4.78 is 0. The molecule has 0 bridgehead atoms. The molecule has 0 fully saturated rings. The summed E-state index contributed by atoms with van der Waals surface area (Å²) in [6.45, 7) is 4.61. The van der Waals surface area contributed by atoms with E-state index in [2.05, 4.69) is 13.8 Å². The molecule has 0 radical (unpaired) electrons. The topological polar surface area (TPSA) is 0 Å². The fraction of sp³-hybridized carbons (Fsp3) is 0.833. The zero-order valence-electron chi connectivity index (χ0n) is 8.66. The van der Waals surface area contributed by atoms with Gasteiger partial charge in [-0.2, -0.15) is 0 Å². The molecule has 0 heterocycles. The van der Waals surface area contributed by atoms with Crippen LogP contribution in [0.3, 0.4) is 0 Å². The van der Waals surface area contributed by atoms with E-state index in [-0.39, 0.29) is 0 Å². The Morgan fingerprint density at radius 1 is 1.08 bits per heavy atom. The highest BCUT2D eigenvalue weighted by atomic mass is 14.1. The Balaban J connectivity index is 2.28. The second kappa shape index (κ2) is 5.40. The molecule has 0 aromatic heterocycles. The molecule has 1 aliphatic rings. The predicted octanol–water partition coefficient (Wildman–Crippen LogP) is 4.46. The second-order valence-electron chi connectivity index (χ2n) is 4.05. The minimum absolute atomic E-state index is 1.35. The Bertz CT molecular complexity index is 153. The van der Waals surface area contributed by atoms with Gasteiger partial charge in [-0.25, -0.2) is 0 Å². The first-order valence-corrected chi connectivity index (χ1v) is 5.52. The average Bonchev–Trinajstić information content (AvgIpc) is 2.09. The van der Waals surface area contributed by atoms with Crippen LogP contribution in [0.5, 0.6) is 0 Å². The van der Waals surface area contributed by atoms with E-state index in [4.69, 9.17) is 0 Å². The van der Waals surface area contributed by atoms with Crippen molar-refractivity contribution in [2.24, 2.45) is 0 Å². The molecule has 0 nitrogen and oxygen atoms in total. The van der Waals surface area contributed by atoms with E-state index in [9.17, 15) is 0 Å². The second-order valence-corrected chi connectivity index (χ2v) is 4.05. The van der Waals surface area contributed by atoms with Gasteiger partial charge >= 0.3 is 0 Å². The van der Waals surface area contributed by atoms with Crippen molar-refractivity contribution < 1.29 is 0 Å². The highest BCUT2D eigenvalue weighted by Crippen LogP contribution is 2.27. The summed E-state index contributed by atoms with van der Waals surface area (Å²) in [5.41, 5.74) is 3.49. The van der Waals surface area contributed by atoms with E-state index in [1.54, 1.807) is 11.1 Å². The van der Waals surface area contributed by atoms with Crippen molar-refractivity contribution in [1.82, 2.24) is 0 Å². The van der Waals surface area contributed by atoms with Gasteiger partial charge in [-0.15, -0.1) is 0 Å². The van der Waals surface area contributed by atoms with Gasteiger partial charge in [-0.3, -0.25) is 0 Å². The largest absolute Gasteiger partial charge is 0.0741 e. The van der Waals surface area contributed by atoms with Crippen LogP contribution in [-0.4, -0.2) is 0 Å². The van der Waals surface area contributed by atoms with Crippen LogP contribution < -0.4 is 0 Å². The smallest absolute Gasteiger partial charge is 0.0318 e. The zero-order chi connectivity index (χ0) is 8.81. The van der Waals surface area contributed by atoms with Crippen LogP contribution in [0.1, 0.15) is 65.2 Å². The van der Waals surface area contributed by atoms with Gasteiger partial charge in [0.1, 0.15) is 0 Å². The Morgan fingerprint density at radius 2 is 1.83 bits per heavy atom. The van der Waals surface area contributed by atoms with Gasteiger partial charge in [0.15, 0.2) is 0 Å². The normalized spacial score (nSPS) is 18.5. The fourth-order valence-corrected chi connectivity index (χ4v) is 2.05. The molecule has 0 atom stereocenters. The van der Waals surface area contributed by atoms with Gasteiger partial charge in [0.05, 0.1) is 0 Å². The van der Waals surface area contributed by atoms with Crippen LogP contribution in [0, 0.1) is 0 Å². The minimum atomic E-state index is 1.35. The molecule has 0 aliphatic heterocycles. The molecular formula is C12H22. The van der Waals surface area contributed by atoms with E-state index >= 15 is 0 Å². The summed E-state index contributed by atoms with van der Waals surface area (Å²) in [5, 5.41) is 0. The number of rotatable bonds is 4. The molecule has 0 aromatic carbocycles. The van der Waals surface area contributed by atoms with Crippen molar-refractivity contribution in [3.63, 3.8) is 0 Å². The SMILES string of the molecule is CCCCCC1=C(C)CCCC1. The Labute approximate surface area is 77.1 Å². The molecule has 0 saturated carbocycles. The Hall–Kier alpha value is -0.260. The summed E-state index contributed by atoms with van der Waals surface area (Å²) in [6, 6.07) is 0. The average molecular weight is 166 g/mol. The molecule has 0 unspecified atom stereocenters. The maximum Gasteiger partial charge on any atom is -0.0318 e. The first-order valence-electron chi connectivity index (χ1n) is 5.52. The van der Waals surface area contributed by atoms with Crippen LogP contribution in [0.4, 0.5) is 0 Å². The van der Waals surface area contributed by atoms with E-state index < -0.39 is 0 Å². The van der Waals surface area contributed by atoms with Crippen LogP contribution in [0.25, 0.3) is 0 Å². The van der Waals surface area contributed by atoms with Crippen molar-refractivity contribution >= 4 is 0 Å². The summed E-state index contributed by atoms with van der Waals surface area (Å²) in [6.07, 6.45) is 11.2. The van der Waals surface area contributed by atoms with Gasteiger partial charge in [0, 0.05) is 0 Å². The molecule has 0 heteroatoms. The Kier molecular flexibility index (Phi) is 4.42. The maximum atomic E-state index is 2.33. The van der Waals surface area contributed by atoms with Crippen LogP contribution >= 0.6 is 0 Å². The van der Waals surface area contributed by atoms with Gasteiger partial charge in [0.2, 0.25) is 0 Å². The van der Waals surface area contributed by atoms with E-state index in [0.717, 1.165) is 0 Å². The molecule has 12 heavy (non-hydrogen) atoms. The van der Waals surface area contributed by atoms with Gasteiger partial charge in [0.25, 0.3) is 0 Å². The molecule has 0 aromatic rings. The van der Waals surface area contributed by atoms with Crippen molar-refractivity contribution in [3.05, 3.63) is 11.1 Å². The van der Waals surface area contributed by atoms with Crippen molar-refractivity contribution in [2.75, 3.05) is 0 Å². The van der Waals surface area contributed by atoms with Gasteiger partial charge < -0.3 is 0 Å². The summed E-state index contributed by atoms with van der Waals surface area (Å²) in [5.74, 6) is 0. The molecule has 1 rings (SSSR count). The molecule has 0 N–H and O–H groups in total. The Morgan fingerprint density at radius 3 is 2.50 bits per heavy atom. The highest BCUT2D eigenvalue weighted by Gasteiger charge is 2.07. The quantitative estimate of drug-likeness (QED) is 0.427. The van der Waals surface area contributed by atoms with Crippen molar-refractivity contribution in [2.45, 2.75) is 65.2 Å². The first-order chi connectivity index (χ1) is 5.84. The molecule has 0 saturated heterocycles. The van der Waals surface area contributed by atoms with E-state index in [1.165, 1.54) is 51.4 Å². The third-order valence-electron chi connectivity index (χ3n) is 2.97. The zero-order valence-corrected chi connectivity index (χ0v) is 8.66. The molecular weight excluding hydrogens is 144 g/mol. The maximum absolute atomic E-state index is 2.33. The van der Waals surface area contributed by atoms with Crippen LogP contribution in [-0.2, 0) is 0 Å². The highest BCUT2D eigenvalue weighted by molar-refractivity contribution is 5.14. The van der Waals surface area contributed by atoms with Crippen molar-refractivity contribution in [1.29, 1.82) is 0 Å². The lowest BCUT2D eigenvalue weighted by Gasteiger charge is -2.17. The lowest BCUT2D eigenvalue weighted by Crippen LogP contribution is -1.97. The number of unbranched alkanes of at least 4 members (excludes halogenated alkanes) is 2. The third-order valence-corrected chi connectivity index (χ3v) is 2.97. The van der Waals surface area contributed by atoms with Crippen molar-refractivity contribution in [3.8, 4) is 0 Å². The summed E-state index contributed by atoms with van der Waals surface area (Å²) in [7, 11) is 0. The summed E-state index contributed by atoms with van der Waals surface area (Å²) >= 11 is 0. The lowest BCUT2D eigenvalue weighted by molar-refractivity contribution is 0.619. The molecule has 70 valence electrons. The molecule has 0 spiro atoms. The fourth-order valence-electron chi connectivity index (χ4n) is 2.05. The molecule has 1 aliphatic carbocycles. The first kappa shape index (κ1) is 9.83. The van der Waals surface area contributed by atoms with E-state index in [1.807, 2.05) is 0 Å². The van der Waals surface area contributed by atoms with Gasteiger partial charge in [-0.05, 0) is 45.4 Å². The van der Waals surface area contributed by atoms with Crippen LogP contribution in [0.15, 0.2) is 11.1 Å². The van der Waals surface area contributed by atoms with Crippen LogP contribution in [0.2, 0.25) is 0 Å². The lowest BCUT2D eigenvalue weighted by atomic mass is 9.89. The number of allylic oxidation sites excluding steroid dienone is 2. The monoisotopic (exact) mass is 166 g/mol. The predicted molar refractivity (Wildman–Crippen MR) is 55.3 cm³/mol. The minimum Gasteiger partial charge on any atom is -0.0741 e. The standard InChI is InChI=1S/C12H22/c1-3-4-5-9-12-10-7-6-8-11(12)2/h3-10H2,1-2H3. The third kappa shape index (κ3) is 3.00.